The van der Waals surface area contributed by atoms with Gasteiger partial charge in [0.05, 0.1) is 5.56 Å². The first-order chi connectivity index (χ1) is 6.27. The predicted molar refractivity (Wildman–Crippen MR) is 49.7 cm³/mol. The maximum atomic E-state index is 10.8. The van der Waals surface area contributed by atoms with Crippen molar-refractivity contribution in [1.82, 2.24) is 9.97 Å². The quantitative estimate of drug-likeness (QED) is 0.650. The van der Waals surface area contributed by atoms with E-state index in [0.29, 0.717) is 11.2 Å². The molecule has 0 atom stereocenters. The Hall–Kier alpha value is -1.48. The van der Waals surface area contributed by atoms with Gasteiger partial charge < -0.3 is 0 Å². The smallest absolute Gasteiger partial charge is 0.253 e. The Labute approximate surface area is 79.4 Å². The molecule has 2 rings (SSSR count). The fourth-order valence-electron chi connectivity index (χ4n) is 1.07. The first-order valence-electron chi connectivity index (χ1n) is 3.68. The number of carbonyl (C=O) groups excluding carboxylic acids is 1. The van der Waals surface area contributed by atoms with Crippen LogP contribution in [-0.4, -0.2) is 15.2 Å². The fourth-order valence-corrected chi connectivity index (χ4v) is 1.18. The van der Waals surface area contributed by atoms with Gasteiger partial charge in [0.15, 0.2) is 5.65 Å². The highest BCUT2D eigenvalue weighted by atomic mass is 35.5. The molecule has 64 valence electrons. The summed E-state index contributed by atoms with van der Waals surface area (Å²) in [5.41, 5.74) is 1.01. The van der Waals surface area contributed by atoms with E-state index in [1.165, 1.54) is 6.20 Å². The minimum atomic E-state index is -0.502. The number of halogens is 1. The van der Waals surface area contributed by atoms with Crippen LogP contribution in [0.4, 0.5) is 0 Å². The summed E-state index contributed by atoms with van der Waals surface area (Å²) in [5, 5.41) is 0.312. The van der Waals surface area contributed by atoms with Crippen LogP contribution < -0.4 is 0 Å². The molecule has 0 amide bonds. The van der Waals surface area contributed by atoms with Crippen molar-refractivity contribution >= 4 is 27.9 Å². The minimum Gasteiger partial charge on any atom is -0.276 e. The lowest BCUT2D eigenvalue weighted by molar-refractivity contribution is 0.108. The zero-order chi connectivity index (χ0) is 9.26. The topological polar surface area (TPSA) is 42.9 Å². The second-order valence-electron chi connectivity index (χ2n) is 2.55. The van der Waals surface area contributed by atoms with Gasteiger partial charge in [0, 0.05) is 17.8 Å². The van der Waals surface area contributed by atoms with Gasteiger partial charge in [0.25, 0.3) is 5.24 Å². The van der Waals surface area contributed by atoms with Crippen LogP contribution in [0, 0.1) is 0 Å². The third-order valence-corrected chi connectivity index (χ3v) is 1.90. The van der Waals surface area contributed by atoms with Gasteiger partial charge in [-0.2, -0.15) is 0 Å². The van der Waals surface area contributed by atoms with Crippen molar-refractivity contribution in [2.75, 3.05) is 0 Å². The lowest BCUT2D eigenvalue weighted by Crippen LogP contribution is -1.91. The van der Waals surface area contributed by atoms with Gasteiger partial charge in [-0.15, -0.1) is 0 Å². The zero-order valence-electron chi connectivity index (χ0n) is 6.57. The van der Waals surface area contributed by atoms with Crippen LogP contribution in [-0.2, 0) is 0 Å². The molecule has 4 heteroatoms. The standard InChI is InChI=1S/C9H5ClN2O/c10-8(13)7-4-6-2-1-3-11-9(6)12-5-7/h1-5H. The maximum absolute atomic E-state index is 10.8. The molecule has 0 unspecified atom stereocenters. The maximum Gasteiger partial charge on any atom is 0.253 e. The summed E-state index contributed by atoms with van der Waals surface area (Å²) in [6.45, 7) is 0. The lowest BCUT2D eigenvalue weighted by atomic mass is 10.2. The van der Waals surface area contributed by atoms with E-state index in [1.807, 2.05) is 6.07 Å². The normalized spacial score (nSPS) is 10.2. The molecule has 2 heterocycles. The second kappa shape index (κ2) is 3.11. The summed E-state index contributed by atoms with van der Waals surface area (Å²) in [4.78, 5) is 18.8. The summed E-state index contributed by atoms with van der Waals surface area (Å²) in [6, 6.07) is 5.29. The SMILES string of the molecule is O=C(Cl)c1cnc2ncccc2c1. The fraction of sp³-hybridized carbons (Fsp3) is 0. The van der Waals surface area contributed by atoms with Crippen molar-refractivity contribution in [2.24, 2.45) is 0 Å². The van der Waals surface area contributed by atoms with E-state index in [-0.39, 0.29) is 0 Å². The highest BCUT2D eigenvalue weighted by Gasteiger charge is 2.03. The van der Waals surface area contributed by atoms with Gasteiger partial charge in [-0.25, -0.2) is 9.97 Å². The molecular weight excluding hydrogens is 188 g/mol. The van der Waals surface area contributed by atoms with Crippen molar-refractivity contribution in [1.29, 1.82) is 0 Å². The summed E-state index contributed by atoms with van der Waals surface area (Å²) in [6.07, 6.45) is 3.07. The molecule has 0 fully saturated rings. The number of pyridine rings is 2. The van der Waals surface area contributed by atoms with Crippen LogP contribution in [0.15, 0.2) is 30.6 Å². The van der Waals surface area contributed by atoms with Crippen LogP contribution in [0.25, 0.3) is 11.0 Å². The molecule has 0 bridgehead atoms. The highest BCUT2D eigenvalue weighted by molar-refractivity contribution is 6.67. The third kappa shape index (κ3) is 1.51. The van der Waals surface area contributed by atoms with Gasteiger partial charge >= 0.3 is 0 Å². The van der Waals surface area contributed by atoms with E-state index in [2.05, 4.69) is 9.97 Å². The average Bonchev–Trinajstić information content (AvgIpc) is 2.17. The molecule has 2 aromatic heterocycles. The van der Waals surface area contributed by atoms with Gasteiger partial charge in [0.2, 0.25) is 0 Å². The van der Waals surface area contributed by atoms with Crippen LogP contribution in [0.2, 0.25) is 0 Å². The molecule has 0 saturated carbocycles. The summed E-state index contributed by atoms with van der Waals surface area (Å²) in [7, 11) is 0. The van der Waals surface area contributed by atoms with E-state index in [9.17, 15) is 4.79 Å². The van der Waals surface area contributed by atoms with Crippen molar-refractivity contribution in [3.05, 3.63) is 36.2 Å². The van der Waals surface area contributed by atoms with Crippen LogP contribution >= 0.6 is 11.6 Å². The van der Waals surface area contributed by atoms with Crippen LogP contribution in [0.5, 0.6) is 0 Å². The third-order valence-electron chi connectivity index (χ3n) is 1.68. The Bertz CT molecular complexity index is 470. The predicted octanol–water partition coefficient (Wildman–Crippen LogP) is 2.01. The Balaban J connectivity index is 2.69. The summed E-state index contributed by atoms with van der Waals surface area (Å²) < 4.78 is 0. The highest BCUT2D eigenvalue weighted by Crippen LogP contribution is 2.11. The number of rotatable bonds is 1. The van der Waals surface area contributed by atoms with Crippen molar-refractivity contribution in [2.45, 2.75) is 0 Å². The van der Waals surface area contributed by atoms with Gasteiger partial charge in [0.1, 0.15) is 0 Å². The molecule has 2 aromatic rings. The number of hydrogen-bond donors (Lipinski definition) is 0. The Morgan fingerprint density at radius 2 is 2.23 bits per heavy atom. The number of fused-ring (bicyclic) bond motifs is 1. The number of hydrogen-bond acceptors (Lipinski definition) is 3. The minimum absolute atomic E-state index is 0.391. The monoisotopic (exact) mass is 192 g/mol. The molecule has 0 aliphatic rings. The van der Waals surface area contributed by atoms with Crippen LogP contribution in [0.3, 0.4) is 0 Å². The van der Waals surface area contributed by atoms with E-state index in [0.717, 1.165) is 5.39 Å². The molecule has 0 N–H and O–H groups in total. The average molecular weight is 193 g/mol. The molecule has 13 heavy (non-hydrogen) atoms. The Morgan fingerprint density at radius 1 is 1.38 bits per heavy atom. The number of nitrogens with zero attached hydrogens (tertiary/aromatic N) is 2. The molecule has 0 radical (unpaired) electrons. The molecule has 0 spiro atoms. The van der Waals surface area contributed by atoms with Crippen LogP contribution in [0.1, 0.15) is 10.4 Å². The summed E-state index contributed by atoms with van der Waals surface area (Å²) in [5.74, 6) is 0. The van der Waals surface area contributed by atoms with Gasteiger partial charge in [-0.1, -0.05) is 0 Å². The van der Waals surface area contributed by atoms with Crippen molar-refractivity contribution in [3.8, 4) is 0 Å². The van der Waals surface area contributed by atoms with E-state index in [4.69, 9.17) is 11.6 Å². The Morgan fingerprint density at radius 3 is 3.00 bits per heavy atom. The van der Waals surface area contributed by atoms with E-state index >= 15 is 0 Å². The molecule has 0 aliphatic carbocycles. The molecule has 0 aliphatic heterocycles. The van der Waals surface area contributed by atoms with E-state index in [1.54, 1.807) is 18.3 Å². The molecule has 0 aromatic carbocycles. The summed E-state index contributed by atoms with van der Waals surface area (Å²) >= 11 is 5.30. The number of aromatic nitrogens is 2. The first-order valence-corrected chi connectivity index (χ1v) is 4.06. The molecular formula is C9H5ClN2O. The molecule has 0 saturated heterocycles. The zero-order valence-corrected chi connectivity index (χ0v) is 7.32. The first kappa shape index (κ1) is 8.13. The van der Waals surface area contributed by atoms with Crippen molar-refractivity contribution in [3.63, 3.8) is 0 Å². The van der Waals surface area contributed by atoms with Gasteiger partial charge in [-0.3, -0.25) is 4.79 Å². The van der Waals surface area contributed by atoms with E-state index < -0.39 is 5.24 Å². The largest absolute Gasteiger partial charge is 0.276 e. The second-order valence-corrected chi connectivity index (χ2v) is 2.89. The number of carbonyl (C=O) groups is 1. The lowest BCUT2D eigenvalue weighted by Gasteiger charge is -1.96. The Kier molecular flexibility index (Phi) is 1.94. The van der Waals surface area contributed by atoms with Crippen molar-refractivity contribution < 1.29 is 4.79 Å². The van der Waals surface area contributed by atoms with Gasteiger partial charge in [-0.05, 0) is 29.8 Å². The molecule has 3 nitrogen and oxygen atoms in total.